The van der Waals surface area contributed by atoms with Gasteiger partial charge in [0, 0.05) is 76.7 Å². The molecule has 0 spiro atoms. The van der Waals surface area contributed by atoms with Crippen LogP contribution in [0.5, 0.6) is 0 Å². The SMILES string of the molecule is CO[C@H](c1ccc(-c2cccnc2)cc1)[C@@H](CF)NC(=O)CCN(C)[C@H]1C[C@@H](C)O[C@@H](O[C@@H]2[C@@H](C)C([C@H]3C[C@@](C)(OC)[C@@H](O)[C@H](C)O3)[C@@H](C)C(=O)O[C@H](I)[C@@](C)(O)[C@H](O)[C@@H](C)C(=N)[C@H](C)C[C@@]2(C)OC)[C@@H]1O. The highest BCUT2D eigenvalue weighted by Gasteiger charge is 2.56. The van der Waals surface area contributed by atoms with Gasteiger partial charge in [-0.1, -0.05) is 58.0 Å². The Kier molecular flexibility index (Phi) is 21.2. The number of rotatable bonds is 15. The highest BCUT2D eigenvalue weighted by molar-refractivity contribution is 14.1. The Balaban J connectivity index is 1.43. The quantitative estimate of drug-likeness (QED) is 0.0702. The minimum Gasteiger partial charge on any atom is -0.448 e. The predicted molar refractivity (Wildman–Crippen MR) is 277 cm³/mol. The van der Waals surface area contributed by atoms with E-state index in [4.69, 9.17) is 33.2 Å². The first kappa shape index (κ1) is 60.1. The summed E-state index contributed by atoms with van der Waals surface area (Å²) in [4.78, 5) is 34.1. The molecule has 20 atom stereocenters. The second-order valence-electron chi connectivity index (χ2n) is 21.3. The number of esters is 1. The van der Waals surface area contributed by atoms with E-state index in [0.717, 1.165) is 11.1 Å². The molecule has 4 heterocycles. The van der Waals surface area contributed by atoms with Gasteiger partial charge in [0.25, 0.3) is 0 Å². The van der Waals surface area contributed by atoms with E-state index >= 15 is 0 Å². The van der Waals surface area contributed by atoms with Crippen molar-refractivity contribution in [3.05, 3.63) is 54.4 Å². The van der Waals surface area contributed by atoms with E-state index in [2.05, 4.69) is 10.3 Å². The largest absolute Gasteiger partial charge is 0.448 e. The fraction of sp³-hybridized carbons (Fsp3) is 0.736. The molecule has 3 aliphatic rings. The number of nitrogens with one attached hydrogen (secondary N) is 2. The third kappa shape index (κ3) is 13.4. The number of carbonyl (C=O) groups excluding carboxylic acids is 2. The summed E-state index contributed by atoms with van der Waals surface area (Å²) in [5, 5.41) is 59.0. The average molecular weight is 1130 g/mol. The van der Waals surface area contributed by atoms with Gasteiger partial charge in [-0.2, -0.15) is 0 Å². The lowest BCUT2D eigenvalue weighted by molar-refractivity contribution is -0.304. The van der Waals surface area contributed by atoms with E-state index in [1.165, 1.54) is 28.3 Å². The van der Waals surface area contributed by atoms with Gasteiger partial charge in [-0.05, 0) is 112 Å². The molecular weight excluding hydrogens is 1050 g/mol. The number of cyclic esters (lactones) is 1. The Hall–Kier alpha value is -2.80. The second-order valence-corrected chi connectivity index (χ2v) is 22.4. The molecule has 19 heteroatoms. The average Bonchev–Trinajstić information content (AvgIpc) is 3.36. The van der Waals surface area contributed by atoms with Gasteiger partial charge in [-0.25, -0.2) is 4.39 Å². The van der Waals surface area contributed by atoms with E-state index in [1.807, 2.05) is 69.0 Å². The number of amides is 1. The lowest BCUT2D eigenvalue weighted by Gasteiger charge is -2.52. The van der Waals surface area contributed by atoms with Gasteiger partial charge in [0.15, 0.2) is 10.4 Å². The number of alkyl halides is 2. The molecule has 1 unspecified atom stereocenters. The number of aromatic nitrogens is 1. The summed E-state index contributed by atoms with van der Waals surface area (Å²) >= 11 is 1.80. The predicted octanol–water partition coefficient (Wildman–Crippen LogP) is 5.81. The van der Waals surface area contributed by atoms with Crippen molar-refractivity contribution in [2.45, 2.75) is 176 Å². The van der Waals surface area contributed by atoms with E-state index in [9.17, 15) is 39.8 Å². The normalized spacial score (nSPS) is 39.4. The molecule has 0 saturated carbocycles. The van der Waals surface area contributed by atoms with Crippen molar-refractivity contribution in [3.8, 4) is 11.1 Å². The number of carbonyl (C=O) groups is 2. The van der Waals surface area contributed by atoms with Crippen LogP contribution in [0.25, 0.3) is 11.1 Å². The standard InChI is InChI=1S/C53H82FIN4O13/c1-28-24-52(8,68-13)47(30(3)41(39-25-51(7,67-12)46(63)33(6)70-39)31(4)48(64)72-50(55)53(9,65)45(62)32(5)42(28)56)71-49-43(61)38(23-29(2)69-49)59(10)22-20-40(60)58-37(26-54)44(66-11)35-18-16-34(17-19-35)36-15-14-21-57-27-36/h14-19,21,27-33,37-39,41,43-47,49-50,56,61-63,65H,20,22-26H2,1-13H3,(H,58,60)/t28-,29-,30+,31-,32+,33+,37-,38+,39-,41?,43-,44-,45-,46+,47-,49+,50+,51-,52-,53+/m1/s1. The Morgan fingerprint density at radius 3 is 2.19 bits per heavy atom. The van der Waals surface area contributed by atoms with Crippen molar-refractivity contribution in [2.75, 3.05) is 41.6 Å². The van der Waals surface area contributed by atoms with Gasteiger partial charge in [-0.3, -0.25) is 14.6 Å². The number of aliphatic hydroxyl groups is 4. The Labute approximate surface area is 439 Å². The zero-order valence-electron chi connectivity index (χ0n) is 44.3. The molecule has 72 heavy (non-hydrogen) atoms. The van der Waals surface area contributed by atoms with Crippen LogP contribution in [0.2, 0.25) is 0 Å². The fourth-order valence-electron chi connectivity index (χ4n) is 11.3. The lowest BCUT2D eigenvalue weighted by Crippen LogP contribution is -2.62. The zero-order chi connectivity index (χ0) is 53.6. The third-order valence-corrected chi connectivity index (χ3v) is 17.6. The van der Waals surface area contributed by atoms with Crippen LogP contribution in [0.1, 0.15) is 99.7 Å². The van der Waals surface area contributed by atoms with Gasteiger partial charge in [0.2, 0.25) is 5.91 Å². The lowest BCUT2D eigenvalue weighted by atomic mass is 9.68. The van der Waals surface area contributed by atoms with Crippen LogP contribution < -0.4 is 5.32 Å². The molecule has 17 nitrogen and oxygen atoms in total. The van der Waals surface area contributed by atoms with Crippen molar-refractivity contribution < 1.29 is 67.6 Å². The number of ether oxygens (including phenoxy) is 7. The Morgan fingerprint density at radius 2 is 1.61 bits per heavy atom. The van der Waals surface area contributed by atoms with Crippen molar-refractivity contribution in [3.63, 3.8) is 0 Å². The third-order valence-electron chi connectivity index (χ3n) is 16.1. The maximum Gasteiger partial charge on any atom is 0.310 e. The summed E-state index contributed by atoms with van der Waals surface area (Å²) in [6.07, 6.45) is -4.54. The van der Waals surface area contributed by atoms with Crippen LogP contribution in [0.4, 0.5) is 4.39 Å². The highest BCUT2D eigenvalue weighted by Crippen LogP contribution is 2.46. The molecule has 3 saturated heterocycles. The van der Waals surface area contributed by atoms with E-state index in [-0.39, 0.29) is 31.5 Å². The maximum atomic E-state index is 14.7. The number of hydrogen-bond donors (Lipinski definition) is 6. The fourth-order valence-corrected chi connectivity index (χ4v) is 12.0. The van der Waals surface area contributed by atoms with Gasteiger partial charge in [0.05, 0.1) is 53.7 Å². The molecule has 406 valence electrons. The summed E-state index contributed by atoms with van der Waals surface area (Å²) < 4.78 is 57.6. The molecule has 1 aromatic heterocycles. The van der Waals surface area contributed by atoms with Gasteiger partial charge < -0.3 is 69.2 Å². The monoisotopic (exact) mass is 1130 g/mol. The Morgan fingerprint density at radius 1 is 0.958 bits per heavy atom. The van der Waals surface area contributed by atoms with Gasteiger partial charge in [0.1, 0.15) is 30.6 Å². The first-order valence-electron chi connectivity index (χ1n) is 25.1. The van der Waals surface area contributed by atoms with Crippen LogP contribution in [0.3, 0.4) is 0 Å². The molecule has 0 radical (unpaired) electrons. The summed E-state index contributed by atoms with van der Waals surface area (Å²) in [6, 6.07) is 9.74. The first-order valence-corrected chi connectivity index (χ1v) is 26.4. The molecule has 0 aliphatic carbocycles. The molecule has 6 N–H and O–H groups in total. The van der Waals surface area contributed by atoms with Crippen LogP contribution in [-0.2, 0) is 42.7 Å². The van der Waals surface area contributed by atoms with Crippen LogP contribution >= 0.6 is 22.6 Å². The van der Waals surface area contributed by atoms with Crippen LogP contribution in [-0.4, -0.2) is 172 Å². The molecular formula is C53H82FIN4O13. The molecule has 5 rings (SSSR count). The van der Waals surface area contributed by atoms with E-state index in [1.54, 1.807) is 69.7 Å². The minimum atomic E-state index is -1.95. The van der Waals surface area contributed by atoms with Crippen molar-refractivity contribution in [1.82, 2.24) is 15.2 Å². The molecule has 0 bridgehead atoms. The summed E-state index contributed by atoms with van der Waals surface area (Å²) in [6.45, 7) is 15.0. The zero-order valence-corrected chi connectivity index (χ0v) is 46.4. The number of likely N-dealkylation sites (N-methyl/N-ethyl adjacent to an activating group) is 1. The molecule has 3 fully saturated rings. The van der Waals surface area contributed by atoms with Crippen LogP contribution in [0.15, 0.2) is 48.8 Å². The van der Waals surface area contributed by atoms with E-state index < -0.39 is 136 Å². The first-order chi connectivity index (χ1) is 33.8. The number of aliphatic hydroxyl groups excluding tert-OH is 3. The van der Waals surface area contributed by atoms with Crippen molar-refractivity contribution >= 4 is 40.2 Å². The number of hydrogen-bond acceptors (Lipinski definition) is 16. The molecule has 2 aromatic rings. The topological polar surface area (TPSA) is 232 Å². The van der Waals surface area contributed by atoms with E-state index in [0.29, 0.717) is 12.0 Å². The number of pyridine rings is 1. The molecule has 1 amide bonds. The number of methoxy groups -OCH3 is 3. The summed E-state index contributed by atoms with van der Waals surface area (Å²) in [5.74, 6) is -4.87. The Bertz CT molecular complexity index is 2080. The smallest absolute Gasteiger partial charge is 0.310 e. The molecule has 3 aliphatic heterocycles. The van der Waals surface area contributed by atoms with Crippen molar-refractivity contribution in [2.24, 2.45) is 29.6 Å². The number of halogens is 2. The van der Waals surface area contributed by atoms with Crippen molar-refractivity contribution in [1.29, 1.82) is 5.41 Å². The summed E-state index contributed by atoms with van der Waals surface area (Å²) in [5.41, 5.74) is -1.61. The molecule has 1 aromatic carbocycles. The van der Waals surface area contributed by atoms with Gasteiger partial charge >= 0.3 is 5.97 Å². The van der Waals surface area contributed by atoms with Crippen LogP contribution in [0, 0.1) is 35.0 Å². The second kappa shape index (κ2) is 25.4. The van der Waals surface area contributed by atoms with Gasteiger partial charge in [-0.15, -0.1) is 0 Å². The number of nitrogens with zero attached hydrogens (tertiary/aromatic N) is 2. The minimum absolute atomic E-state index is 0.0240. The summed E-state index contributed by atoms with van der Waals surface area (Å²) in [7, 11) is 6.31. The maximum absolute atomic E-state index is 14.7. The highest BCUT2D eigenvalue weighted by atomic mass is 127. The number of benzene rings is 1.